The molecule has 0 bridgehead atoms. The van der Waals surface area contributed by atoms with Gasteiger partial charge in [0, 0.05) is 41.9 Å². The van der Waals surface area contributed by atoms with E-state index in [1.54, 1.807) is 28.9 Å². The zero-order chi connectivity index (χ0) is 15.9. The number of amides is 1. The first-order valence-corrected chi connectivity index (χ1v) is 7.63. The molecule has 2 heterocycles. The van der Waals surface area contributed by atoms with Gasteiger partial charge in [0.2, 0.25) is 0 Å². The number of aliphatic hydroxyl groups is 1. The molecule has 0 saturated heterocycles. The predicted octanol–water partition coefficient (Wildman–Crippen LogP) is 2.35. The summed E-state index contributed by atoms with van der Waals surface area (Å²) in [5.74, 6) is -0.343. The fraction of sp³-hybridized carbons (Fsp3) is 0.333. The molecule has 1 aliphatic rings. The Bertz CT molecular complexity index is 730. The van der Waals surface area contributed by atoms with Crippen LogP contribution >= 0.6 is 23.2 Å². The van der Waals surface area contributed by atoms with E-state index in [4.69, 9.17) is 23.2 Å². The Morgan fingerprint density at radius 2 is 2.18 bits per heavy atom. The van der Waals surface area contributed by atoms with E-state index in [2.05, 4.69) is 5.10 Å². The second kappa shape index (κ2) is 5.91. The van der Waals surface area contributed by atoms with E-state index >= 15 is 0 Å². The lowest BCUT2D eigenvalue weighted by Gasteiger charge is -2.31. The van der Waals surface area contributed by atoms with Crippen LogP contribution in [0.1, 0.15) is 22.8 Å². The Labute approximate surface area is 138 Å². The van der Waals surface area contributed by atoms with E-state index in [1.807, 2.05) is 6.07 Å². The third-order valence-corrected chi connectivity index (χ3v) is 4.39. The Kier molecular flexibility index (Phi) is 4.12. The van der Waals surface area contributed by atoms with Gasteiger partial charge in [0.05, 0.1) is 6.20 Å². The molecule has 0 aliphatic carbocycles. The summed E-state index contributed by atoms with van der Waals surface area (Å²) in [5, 5.41) is 15.3. The summed E-state index contributed by atoms with van der Waals surface area (Å²) >= 11 is 12.2. The molecule has 0 unspecified atom stereocenters. The summed E-state index contributed by atoms with van der Waals surface area (Å²) in [6, 6.07) is 3.55. The highest BCUT2D eigenvalue weighted by molar-refractivity contribution is 6.35. The molecule has 1 aromatic carbocycles. The standard InChI is InChI=1S/C15H15Cl2N3O2/c1-19-7-10(6-18-19)14(21)15(22)20-3-2-9-4-11(16)5-13(17)12(9)8-20/h4-7,14,21H,2-3,8H2,1H3/t14-/m0/s1. The maximum absolute atomic E-state index is 12.5. The van der Waals surface area contributed by atoms with Gasteiger partial charge in [-0.2, -0.15) is 5.10 Å². The molecule has 2 aromatic rings. The van der Waals surface area contributed by atoms with Crippen molar-refractivity contribution < 1.29 is 9.90 Å². The molecule has 1 atom stereocenters. The fourth-order valence-electron chi connectivity index (χ4n) is 2.67. The van der Waals surface area contributed by atoms with E-state index in [9.17, 15) is 9.90 Å². The maximum atomic E-state index is 12.5. The lowest BCUT2D eigenvalue weighted by molar-refractivity contribution is -0.141. The van der Waals surface area contributed by atoms with Crippen molar-refractivity contribution in [1.82, 2.24) is 14.7 Å². The highest BCUT2D eigenvalue weighted by Gasteiger charge is 2.28. The van der Waals surface area contributed by atoms with Crippen molar-refractivity contribution in [2.75, 3.05) is 6.54 Å². The van der Waals surface area contributed by atoms with Gasteiger partial charge < -0.3 is 10.0 Å². The van der Waals surface area contributed by atoms with Gasteiger partial charge in [-0.05, 0) is 29.7 Å². The molecule has 3 rings (SSSR count). The van der Waals surface area contributed by atoms with Crippen LogP contribution in [0.15, 0.2) is 24.5 Å². The molecule has 1 aliphatic heterocycles. The van der Waals surface area contributed by atoms with Crippen molar-refractivity contribution in [3.63, 3.8) is 0 Å². The summed E-state index contributed by atoms with van der Waals surface area (Å²) in [5.41, 5.74) is 2.43. The van der Waals surface area contributed by atoms with Gasteiger partial charge in [0.15, 0.2) is 6.10 Å². The Hall–Kier alpha value is -1.56. The lowest BCUT2D eigenvalue weighted by atomic mass is 9.99. The first-order chi connectivity index (χ1) is 10.5. The van der Waals surface area contributed by atoms with Gasteiger partial charge in [-0.3, -0.25) is 9.48 Å². The van der Waals surface area contributed by atoms with Gasteiger partial charge in [-0.15, -0.1) is 0 Å². The highest BCUT2D eigenvalue weighted by atomic mass is 35.5. The van der Waals surface area contributed by atoms with E-state index in [0.29, 0.717) is 35.1 Å². The van der Waals surface area contributed by atoms with Crippen molar-refractivity contribution in [1.29, 1.82) is 0 Å². The topological polar surface area (TPSA) is 58.4 Å². The largest absolute Gasteiger partial charge is 0.378 e. The van der Waals surface area contributed by atoms with E-state index in [-0.39, 0.29) is 5.91 Å². The summed E-state index contributed by atoms with van der Waals surface area (Å²) in [4.78, 5) is 14.1. The molecule has 0 spiro atoms. The van der Waals surface area contributed by atoms with Crippen LogP contribution in [0.3, 0.4) is 0 Å². The minimum Gasteiger partial charge on any atom is -0.378 e. The van der Waals surface area contributed by atoms with Gasteiger partial charge in [-0.1, -0.05) is 23.2 Å². The van der Waals surface area contributed by atoms with Crippen LogP contribution in [0.5, 0.6) is 0 Å². The van der Waals surface area contributed by atoms with Crippen LogP contribution in [0.25, 0.3) is 0 Å². The van der Waals surface area contributed by atoms with Crippen molar-refractivity contribution in [2.24, 2.45) is 7.05 Å². The number of nitrogens with zero attached hydrogens (tertiary/aromatic N) is 3. The number of carbonyl (C=O) groups is 1. The molecule has 0 radical (unpaired) electrons. The number of hydrogen-bond acceptors (Lipinski definition) is 3. The molecule has 7 heteroatoms. The van der Waals surface area contributed by atoms with Crippen LogP contribution in [0.4, 0.5) is 0 Å². The molecule has 0 fully saturated rings. The highest BCUT2D eigenvalue weighted by Crippen LogP contribution is 2.31. The Morgan fingerprint density at radius 1 is 1.41 bits per heavy atom. The number of benzene rings is 1. The van der Waals surface area contributed by atoms with E-state index < -0.39 is 6.10 Å². The molecule has 0 saturated carbocycles. The number of halogens is 2. The normalized spacial score (nSPS) is 15.5. The van der Waals surface area contributed by atoms with Crippen molar-refractivity contribution >= 4 is 29.1 Å². The lowest BCUT2D eigenvalue weighted by Crippen LogP contribution is -2.39. The molecular formula is C15H15Cl2N3O2. The molecule has 22 heavy (non-hydrogen) atoms. The van der Waals surface area contributed by atoms with Crippen LogP contribution < -0.4 is 0 Å². The summed E-state index contributed by atoms with van der Waals surface area (Å²) in [6.45, 7) is 0.904. The summed E-state index contributed by atoms with van der Waals surface area (Å²) < 4.78 is 1.55. The van der Waals surface area contributed by atoms with Crippen molar-refractivity contribution in [3.05, 3.63) is 51.3 Å². The number of aliphatic hydroxyl groups excluding tert-OH is 1. The second-order valence-electron chi connectivity index (χ2n) is 5.38. The molecule has 1 N–H and O–H groups in total. The van der Waals surface area contributed by atoms with Gasteiger partial charge in [0.1, 0.15) is 0 Å². The van der Waals surface area contributed by atoms with Gasteiger partial charge >= 0.3 is 0 Å². The molecular weight excluding hydrogens is 325 g/mol. The number of carbonyl (C=O) groups excluding carboxylic acids is 1. The number of hydrogen-bond donors (Lipinski definition) is 1. The average Bonchev–Trinajstić information content (AvgIpc) is 2.92. The fourth-order valence-corrected chi connectivity index (χ4v) is 3.26. The van der Waals surface area contributed by atoms with Crippen LogP contribution in [-0.4, -0.2) is 32.2 Å². The summed E-state index contributed by atoms with van der Waals surface area (Å²) in [7, 11) is 1.74. The van der Waals surface area contributed by atoms with Gasteiger partial charge in [0.25, 0.3) is 5.91 Å². The third kappa shape index (κ3) is 2.84. The quantitative estimate of drug-likeness (QED) is 0.913. The second-order valence-corrected chi connectivity index (χ2v) is 6.23. The Morgan fingerprint density at radius 3 is 2.86 bits per heavy atom. The smallest absolute Gasteiger partial charge is 0.256 e. The van der Waals surface area contributed by atoms with Crippen LogP contribution in [0.2, 0.25) is 10.0 Å². The molecule has 116 valence electrons. The molecule has 5 nitrogen and oxygen atoms in total. The average molecular weight is 340 g/mol. The minimum absolute atomic E-state index is 0.343. The zero-order valence-electron chi connectivity index (χ0n) is 12.0. The SMILES string of the molecule is Cn1cc([C@H](O)C(=O)N2CCc3cc(Cl)cc(Cl)c3C2)cn1. The van der Waals surface area contributed by atoms with E-state index in [1.165, 1.54) is 6.20 Å². The summed E-state index contributed by atoms with van der Waals surface area (Å²) in [6.07, 6.45) is 2.59. The first kappa shape index (κ1) is 15.3. The van der Waals surface area contributed by atoms with Crippen LogP contribution in [0, 0.1) is 0 Å². The minimum atomic E-state index is -1.21. The monoisotopic (exact) mass is 339 g/mol. The molecule has 1 aromatic heterocycles. The number of aromatic nitrogens is 2. The number of fused-ring (bicyclic) bond motifs is 1. The zero-order valence-corrected chi connectivity index (χ0v) is 13.5. The molecule has 1 amide bonds. The number of rotatable bonds is 2. The van der Waals surface area contributed by atoms with Crippen LogP contribution in [-0.2, 0) is 24.8 Å². The first-order valence-electron chi connectivity index (χ1n) is 6.88. The third-order valence-electron chi connectivity index (χ3n) is 3.84. The van der Waals surface area contributed by atoms with Gasteiger partial charge in [-0.25, -0.2) is 0 Å². The maximum Gasteiger partial charge on any atom is 0.256 e. The van der Waals surface area contributed by atoms with Crippen molar-refractivity contribution in [2.45, 2.75) is 19.1 Å². The Balaban J connectivity index is 1.80. The predicted molar refractivity (Wildman–Crippen MR) is 83.8 cm³/mol. The van der Waals surface area contributed by atoms with Crippen molar-refractivity contribution in [3.8, 4) is 0 Å². The van der Waals surface area contributed by atoms with E-state index in [0.717, 1.165) is 11.1 Å². The number of aryl methyl sites for hydroxylation is 1.